The number of nitrogens with one attached hydrogen (secondary N) is 1. The fraction of sp³-hybridized carbons (Fsp3) is 0.320. The van der Waals surface area contributed by atoms with Crippen LogP contribution in [0.25, 0.3) is 0 Å². The van der Waals surface area contributed by atoms with Gasteiger partial charge >= 0.3 is 0 Å². The summed E-state index contributed by atoms with van der Waals surface area (Å²) in [4.78, 5) is 33.5. The first kappa shape index (κ1) is 22.1. The van der Waals surface area contributed by atoms with Gasteiger partial charge in [0.25, 0.3) is 0 Å². The van der Waals surface area contributed by atoms with Crippen LogP contribution in [0.1, 0.15) is 48.6 Å². The number of aromatic nitrogens is 1. The van der Waals surface area contributed by atoms with Gasteiger partial charge in [-0.3, -0.25) is 19.5 Å². The molecule has 1 fully saturated rings. The normalized spacial score (nSPS) is 15.2. The van der Waals surface area contributed by atoms with Crippen LogP contribution in [0.15, 0.2) is 66.3 Å². The molecule has 3 aromatic rings. The quantitative estimate of drug-likeness (QED) is 0.547. The van der Waals surface area contributed by atoms with Gasteiger partial charge in [-0.1, -0.05) is 31.4 Å². The van der Waals surface area contributed by atoms with E-state index in [2.05, 4.69) is 10.3 Å². The second-order valence-electron chi connectivity index (χ2n) is 8.03. The van der Waals surface area contributed by atoms with Crippen molar-refractivity contribution in [3.63, 3.8) is 0 Å². The number of rotatable bonds is 7. The van der Waals surface area contributed by atoms with Gasteiger partial charge in [0, 0.05) is 29.0 Å². The van der Waals surface area contributed by atoms with Crippen LogP contribution in [-0.2, 0) is 16.0 Å². The van der Waals surface area contributed by atoms with Crippen LogP contribution in [0, 0.1) is 5.82 Å². The predicted octanol–water partition coefficient (Wildman–Crippen LogP) is 5.05. The van der Waals surface area contributed by atoms with Crippen LogP contribution in [0.3, 0.4) is 0 Å². The molecule has 1 N–H and O–H groups in total. The topological polar surface area (TPSA) is 62.3 Å². The number of pyridine rings is 1. The summed E-state index contributed by atoms with van der Waals surface area (Å²) in [5.41, 5.74) is 0.990. The Kier molecular flexibility index (Phi) is 7.27. The molecule has 0 unspecified atom stereocenters. The lowest BCUT2D eigenvalue weighted by Gasteiger charge is -2.33. The summed E-state index contributed by atoms with van der Waals surface area (Å²) < 4.78 is 14.2. The maximum absolute atomic E-state index is 14.2. The Labute approximate surface area is 191 Å². The van der Waals surface area contributed by atoms with E-state index in [0.717, 1.165) is 30.6 Å². The molecule has 2 amide bonds. The molecule has 2 heterocycles. The maximum Gasteiger partial charge on any atom is 0.248 e. The highest BCUT2D eigenvalue weighted by Gasteiger charge is 2.34. The number of benzene rings is 1. The summed E-state index contributed by atoms with van der Waals surface area (Å²) in [6.45, 7) is 0. The van der Waals surface area contributed by atoms with Gasteiger partial charge in [-0.2, -0.15) is 0 Å². The third kappa shape index (κ3) is 5.40. The fourth-order valence-electron chi connectivity index (χ4n) is 4.20. The lowest BCUT2D eigenvalue weighted by atomic mass is 9.94. The monoisotopic (exact) mass is 451 g/mol. The molecular formula is C25H26FN3O2S. The van der Waals surface area contributed by atoms with Crippen molar-refractivity contribution in [1.82, 2.24) is 10.3 Å². The molecule has 32 heavy (non-hydrogen) atoms. The van der Waals surface area contributed by atoms with Gasteiger partial charge in [0.2, 0.25) is 11.8 Å². The van der Waals surface area contributed by atoms with Crippen LogP contribution in [0.2, 0.25) is 0 Å². The number of carbonyl (C=O) groups is 2. The van der Waals surface area contributed by atoms with Gasteiger partial charge in [0.15, 0.2) is 0 Å². The van der Waals surface area contributed by atoms with Crippen molar-refractivity contribution in [2.75, 3.05) is 4.90 Å². The van der Waals surface area contributed by atoms with E-state index in [-0.39, 0.29) is 24.3 Å². The Balaban J connectivity index is 1.72. The number of hydrogen-bond donors (Lipinski definition) is 1. The second kappa shape index (κ2) is 10.5. The lowest BCUT2D eigenvalue weighted by Crippen LogP contribution is -2.47. The first-order valence-electron chi connectivity index (χ1n) is 10.9. The first-order chi connectivity index (χ1) is 15.6. The predicted molar refractivity (Wildman–Crippen MR) is 124 cm³/mol. The molecule has 0 radical (unpaired) electrons. The molecule has 2 aromatic heterocycles. The van der Waals surface area contributed by atoms with Crippen LogP contribution in [0.5, 0.6) is 0 Å². The number of nitrogens with zero attached hydrogens (tertiary/aromatic N) is 2. The van der Waals surface area contributed by atoms with E-state index in [1.54, 1.807) is 36.7 Å². The molecule has 1 aliphatic carbocycles. The molecule has 166 valence electrons. The van der Waals surface area contributed by atoms with Gasteiger partial charge in [0.1, 0.15) is 11.9 Å². The largest absolute Gasteiger partial charge is 0.351 e. The van der Waals surface area contributed by atoms with E-state index in [4.69, 9.17) is 0 Å². The number of hydrogen-bond acceptors (Lipinski definition) is 4. The van der Waals surface area contributed by atoms with Crippen molar-refractivity contribution >= 4 is 28.8 Å². The van der Waals surface area contributed by atoms with Crippen LogP contribution < -0.4 is 10.2 Å². The molecule has 1 atom stereocenters. The van der Waals surface area contributed by atoms with Crippen LogP contribution in [0.4, 0.5) is 10.1 Å². The number of anilines is 1. The molecule has 5 nitrogen and oxygen atoms in total. The van der Waals surface area contributed by atoms with E-state index < -0.39 is 11.9 Å². The van der Waals surface area contributed by atoms with Crippen LogP contribution in [-0.4, -0.2) is 22.8 Å². The van der Waals surface area contributed by atoms with Crippen molar-refractivity contribution < 1.29 is 14.0 Å². The summed E-state index contributed by atoms with van der Waals surface area (Å²) in [6.07, 6.45) is 8.52. The average Bonchev–Trinajstić information content (AvgIpc) is 3.31. The molecule has 7 heteroatoms. The summed E-state index contributed by atoms with van der Waals surface area (Å²) in [6, 6.07) is 12.2. The number of carbonyl (C=O) groups excluding carboxylic acids is 2. The molecule has 1 saturated carbocycles. The van der Waals surface area contributed by atoms with E-state index in [0.29, 0.717) is 11.3 Å². The van der Waals surface area contributed by atoms with Crippen LogP contribution >= 0.6 is 11.3 Å². The minimum atomic E-state index is -0.922. The van der Waals surface area contributed by atoms with Gasteiger partial charge < -0.3 is 5.32 Å². The van der Waals surface area contributed by atoms with E-state index in [9.17, 15) is 14.0 Å². The Hall–Kier alpha value is -3.06. The molecule has 1 aliphatic rings. The standard InChI is InChI=1S/C25H26FN3O2S/c26-19-6-4-9-21(16-19)29(23(30)17-22-10-5-15-32-22)24(18-11-13-27-14-12-18)25(31)28-20-7-2-1-3-8-20/h4-6,9-16,20,24H,1-3,7-8,17H2,(H,28,31)/t24-/m0/s1. The highest BCUT2D eigenvalue weighted by Crippen LogP contribution is 2.30. The van der Waals surface area contributed by atoms with E-state index >= 15 is 0 Å². The number of amides is 2. The van der Waals surface area contributed by atoms with Gasteiger partial charge in [-0.15, -0.1) is 11.3 Å². The molecular weight excluding hydrogens is 425 g/mol. The highest BCUT2D eigenvalue weighted by atomic mass is 32.1. The Bertz CT molecular complexity index is 1040. The van der Waals surface area contributed by atoms with Gasteiger partial charge in [-0.25, -0.2) is 4.39 Å². The number of halogens is 1. The summed E-state index contributed by atoms with van der Waals surface area (Å²) in [7, 11) is 0. The highest BCUT2D eigenvalue weighted by molar-refractivity contribution is 7.10. The lowest BCUT2D eigenvalue weighted by molar-refractivity contribution is -0.127. The summed E-state index contributed by atoms with van der Waals surface area (Å²) >= 11 is 1.48. The van der Waals surface area contributed by atoms with E-state index in [1.165, 1.54) is 34.8 Å². The summed E-state index contributed by atoms with van der Waals surface area (Å²) in [5, 5.41) is 5.06. The fourth-order valence-corrected chi connectivity index (χ4v) is 4.90. The van der Waals surface area contributed by atoms with E-state index in [1.807, 2.05) is 17.5 Å². The SMILES string of the molecule is O=C(NC1CCCCC1)[C@H](c1ccncc1)N(C(=O)Cc1cccs1)c1cccc(F)c1. The number of thiophene rings is 1. The van der Waals surface area contributed by atoms with Crippen molar-refractivity contribution in [2.45, 2.75) is 50.6 Å². The van der Waals surface area contributed by atoms with Gasteiger partial charge in [-0.05, 0) is 60.2 Å². The van der Waals surface area contributed by atoms with Gasteiger partial charge in [0.05, 0.1) is 6.42 Å². The molecule has 0 spiro atoms. The zero-order chi connectivity index (χ0) is 22.3. The molecule has 0 saturated heterocycles. The Morgan fingerprint density at radius 3 is 2.56 bits per heavy atom. The smallest absolute Gasteiger partial charge is 0.248 e. The minimum absolute atomic E-state index is 0.0855. The maximum atomic E-state index is 14.2. The van der Waals surface area contributed by atoms with Crippen molar-refractivity contribution in [3.8, 4) is 0 Å². The minimum Gasteiger partial charge on any atom is -0.351 e. The van der Waals surface area contributed by atoms with Crippen molar-refractivity contribution in [2.24, 2.45) is 0 Å². The molecule has 1 aromatic carbocycles. The molecule has 0 bridgehead atoms. The second-order valence-corrected chi connectivity index (χ2v) is 9.06. The third-order valence-electron chi connectivity index (χ3n) is 5.74. The zero-order valence-electron chi connectivity index (χ0n) is 17.7. The van der Waals surface area contributed by atoms with Crippen molar-refractivity contribution in [1.29, 1.82) is 0 Å². The summed E-state index contributed by atoms with van der Waals surface area (Å²) in [5.74, 6) is -0.983. The zero-order valence-corrected chi connectivity index (χ0v) is 18.6. The third-order valence-corrected chi connectivity index (χ3v) is 6.62. The first-order valence-corrected chi connectivity index (χ1v) is 11.8. The molecule has 4 rings (SSSR count). The Morgan fingerprint density at radius 1 is 1.09 bits per heavy atom. The average molecular weight is 452 g/mol. The Morgan fingerprint density at radius 2 is 1.88 bits per heavy atom. The molecule has 0 aliphatic heterocycles. The van der Waals surface area contributed by atoms with Crippen molar-refractivity contribution in [3.05, 3.63) is 82.6 Å².